The smallest absolute Gasteiger partial charge is 0.323 e. The summed E-state index contributed by atoms with van der Waals surface area (Å²) in [6, 6.07) is -0.547. The lowest BCUT2D eigenvalue weighted by molar-refractivity contribution is -0.156. The molecule has 0 rings (SSSR count). The predicted molar refractivity (Wildman–Crippen MR) is 108 cm³/mol. The molecule has 0 aliphatic heterocycles. The average molecular weight is 371 g/mol. The van der Waals surface area contributed by atoms with Crippen molar-refractivity contribution in [3.63, 3.8) is 0 Å². The standard InChI is InChI=1S/C21H42N2O3/c1-6-8-16-23(17-9-7-2)19(24)15-13-11-10-12-14-18(22)20(25)26-21(3,4)5/h18H,6-17,22H2,1-5H3. The van der Waals surface area contributed by atoms with Crippen LogP contribution < -0.4 is 5.73 Å². The first-order valence-corrected chi connectivity index (χ1v) is 10.5. The highest BCUT2D eigenvalue weighted by atomic mass is 16.6. The number of unbranched alkanes of at least 4 members (excludes halogenated alkanes) is 5. The van der Waals surface area contributed by atoms with Gasteiger partial charge in [0.05, 0.1) is 0 Å². The number of carbonyl (C=O) groups is 2. The van der Waals surface area contributed by atoms with Crippen LogP contribution in [0.15, 0.2) is 0 Å². The summed E-state index contributed by atoms with van der Waals surface area (Å²) in [5, 5.41) is 0. The molecule has 0 aromatic heterocycles. The molecule has 26 heavy (non-hydrogen) atoms. The van der Waals surface area contributed by atoms with E-state index in [0.717, 1.165) is 64.5 Å². The zero-order valence-corrected chi connectivity index (χ0v) is 17.8. The molecular formula is C21H42N2O3. The van der Waals surface area contributed by atoms with Crippen molar-refractivity contribution in [2.45, 2.75) is 110 Å². The first kappa shape index (κ1) is 24.9. The number of hydrogen-bond donors (Lipinski definition) is 1. The zero-order chi connectivity index (χ0) is 20.0. The second kappa shape index (κ2) is 14.0. The van der Waals surface area contributed by atoms with Crippen LogP contribution in [-0.4, -0.2) is 41.5 Å². The van der Waals surface area contributed by atoms with Gasteiger partial charge < -0.3 is 15.4 Å². The van der Waals surface area contributed by atoms with E-state index < -0.39 is 11.6 Å². The van der Waals surface area contributed by atoms with Gasteiger partial charge in [0.25, 0.3) is 0 Å². The van der Waals surface area contributed by atoms with Crippen molar-refractivity contribution < 1.29 is 14.3 Å². The Labute approximate surface area is 161 Å². The number of nitrogens with zero attached hydrogens (tertiary/aromatic N) is 1. The quantitative estimate of drug-likeness (QED) is 0.363. The van der Waals surface area contributed by atoms with Gasteiger partial charge in [-0.2, -0.15) is 0 Å². The van der Waals surface area contributed by atoms with Crippen molar-refractivity contribution in [2.24, 2.45) is 5.73 Å². The molecule has 5 heteroatoms. The zero-order valence-electron chi connectivity index (χ0n) is 17.8. The highest BCUT2D eigenvalue weighted by Gasteiger charge is 2.21. The number of esters is 1. The average Bonchev–Trinajstić information content (AvgIpc) is 2.56. The van der Waals surface area contributed by atoms with Gasteiger partial charge in [-0.1, -0.05) is 46.0 Å². The van der Waals surface area contributed by atoms with E-state index in [0.29, 0.717) is 12.8 Å². The highest BCUT2D eigenvalue weighted by Crippen LogP contribution is 2.12. The monoisotopic (exact) mass is 370 g/mol. The Bertz CT molecular complexity index is 383. The molecule has 1 unspecified atom stereocenters. The lowest BCUT2D eigenvalue weighted by Gasteiger charge is -2.22. The Hall–Kier alpha value is -1.10. The minimum absolute atomic E-state index is 0.289. The van der Waals surface area contributed by atoms with E-state index >= 15 is 0 Å². The summed E-state index contributed by atoms with van der Waals surface area (Å²) >= 11 is 0. The Balaban J connectivity index is 3.92. The first-order valence-electron chi connectivity index (χ1n) is 10.5. The molecule has 1 amide bonds. The van der Waals surface area contributed by atoms with Gasteiger partial charge in [-0.05, 0) is 46.5 Å². The molecule has 0 aliphatic carbocycles. The third-order valence-corrected chi connectivity index (χ3v) is 4.28. The van der Waals surface area contributed by atoms with Crippen LogP contribution >= 0.6 is 0 Å². The minimum atomic E-state index is -0.547. The number of nitrogens with two attached hydrogens (primary N) is 1. The maximum atomic E-state index is 12.4. The molecule has 1 atom stereocenters. The Morgan fingerprint density at radius 1 is 0.923 bits per heavy atom. The Kier molecular flexibility index (Phi) is 13.4. The molecule has 0 aromatic rings. The van der Waals surface area contributed by atoms with E-state index in [1.807, 2.05) is 25.7 Å². The van der Waals surface area contributed by atoms with Crippen LogP contribution in [-0.2, 0) is 14.3 Å². The molecule has 0 saturated carbocycles. The van der Waals surface area contributed by atoms with Crippen molar-refractivity contribution >= 4 is 11.9 Å². The van der Waals surface area contributed by atoms with Crippen LogP contribution in [0.3, 0.4) is 0 Å². The topological polar surface area (TPSA) is 72.6 Å². The van der Waals surface area contributed by atoms with Crippen LogP contribution in [0.5, 0.6) is 0 Å². The first-order chi connectivity index (χ1) is 12.2. The lowest BCUT2D eigenvalue weighted by atomic mass is 10.1. The molecule has 0 aromatic carbocycles. The third-order valence-electron chi connectivity index (χ3n) is 4.28. The minimum Gasteiger partial charge on any atom is -0.459 e. The summed E-state index contributed by atoms with van der Waals surface area (Å²) in [6.07, 6.45) is 9.47. The van der Waals surface area contributed by atoms with E-state index in [4.69, 9.17) is 10.5 Å². The van der Waals surface area contributed by atoms with Crippen LogP contribution in [0, 0.1) is 0 Å². The SMILES string of the molecule is CCCCN(CCCC)C(=O)CCCCCCC(N)C(=O)OC(C)(C)C. The van der Waals surface area contributed by atoms with E-state index in [9.17, 15) is 9.59 Å². The molecule has 0 fully saturated rings. The second-order valence-electron chi connectivity index (χ2n) is 8.18. The lowest BCUT2D eigenvalue weighted by Crippen LogP contribution is -2.37. The highest BCUT2D eigenvalue weighted by molar-refractivity contribution is 5.76. The van der Waals surface area contributed by atoms with Crippen molar-refractivity contribution in [3.8, 4) is 0 Å². The third kappa shape index (κ3) is 13.2. The Morgan fingerprint density at radius 2 is 1.46 bits per heavy atom. The van der Waals surface area contributed by atoms with Gasteiger partial charge in [0, 0.05) is 19.5 Å². The molecule has 0 spiro atoms. The van der Waals surface area contributed by atoms with Crippen molar-refractivity contribution in [1.29, 1.82) is 0 Å². The van der Waals surface area contributed by atoms with E-state index in [1.54, 1.807) is 0 Å². The largest absolute Gasteiger partial charge is 0.459 e. The normalized spacial score (nSPS) is 12.7. The fraction of sp³-hybridized carbons (Fsp3) is 0.905. The van der Waals surface area contributed by atoms with Crippen LogP contribution in [0.2, 0.25) is 0 Å². The number of amides is 1. The molecule has 154 valence electrons. The summed E-state index contributed by atoms with van der Waals surface area (Å²) < 4.78 is 5.29. The van der Waals surface area contributed by atoms with E-state index in [-0.39, 0.29) is 11.9 Å². The molecular weight excluding hydrogens is 328 g/mol. The molecule has 0 saturated heterocycles. The van der Waals surface area contributed by atoms with Gasteiger partial charge in [-0.3, -0.25) is 9.59 Å². The van der Waals surface area contributed by atoms with E-state index in [2.05, 4.69) is 13.8 Å². The summed E-state index contributed by atoms with van der Waals surface area (Å²) in [7, 11) is 0. The van der Waals surface area contributed by atoms with Crippen molar-refractivity contribution in [3.05, 3.63) is 0 Å². The van der Waals surface area contributed by atoms with Crippen molar-refractivity contribution in [2.75, 3.05) is 13.1 Å². The fourth-order valence-corrected chi connectivity index (χ4v) is 2.71. The van der Waals surface area contributed by atoms with Gasteiger partial charge in [-0.15, -0.1) is 0 Å². The van der Waals surface area contributed by atoms with Crippen LogP contribution in [0.1, 0.15) is 98.8 Å². The van der Waals surface area contributed by atoms with Gasteiger partial charge in [0.1, 0.15) is 11.6 Å². The van der Waals surface area contributed by atoms with Gasteiger partial charge in [0.15, 0.2) is 0 Å². The van der Waals surface area contributed by atoms with E-state index in [1.165, 1.54) is 0 Å². The van der Waals surface area contributed by atoms with Gasteiger partial charge >= 0.3 is 5.97 Å². The molecule has 0 radical (unpaired) electrons. The number of rotatable bonds is 14. The molecule has 0 aliphatic rings. The molecule has 2 N–H and O–H groups in total. The summed E-state index contributed by atoms with van der Waals surface area (Å²) in [6.45, 7) is 11.6. The molecule has 0 heterocycles. The number of ether oxygens (including phenoxy) is 1. The number of carbonyl (C=O) groups excluding carboxylic acids is 2. The van der Waals surface area contributed by atoms with Gasteiger partial charge in [-0.25, -0.2) is 0 Å². The molecule has 5 nitrogen and oxygen atoms in total. The molecule has 0 bridgehead atoms. The summed E-state index contributed by atoms with van der Waals surface area (Å²) in [5.41, 5.74) is 5.40. The predicted octanol–water partition coefficient (Wildman–Crippen LogP) is 4.42. The maximum absolute atomic E-state index is 12.4. The fourth-order valence-electron chi connectivity index (χ4n) is 2.71. The van der Waals surface area contributed by atoms with Gasteiger partial charge in [0.2, 0.25) is 5.91 Å². The maximum Gasteiger partial charge on any atom is 0.323 e. The summed E-state index contributed by atoms with van der Waals surface area (Å²) in [4.78, 5) is 26.2. The van der Waals surface area contributed by atoms with Crippen molar-refractivity contribution in [1.82, 2.24) is 4.90 Å². The Morgan fingerprint density at radius 3 is 1.96 bits per heavy atom. The van der Waals surface area contributed by atoms with Crippen LogP contribution in [0.25, 0.3) is 0 Å². The second-order valence-corrected chi connectivity index (χ2v) is 8.18. The summed E-state index contributed by atoms with van der Waals surface area (Å²) in [5.74, 6) is -0.0347. The van der Waals surface area contributed by atoms with Crippen LogP contribution in [0.4, 0.5) is 0 Å². The number of hydrogen-bond acceptors (Lipinski definition) is 4.